The molecule has 0 radical (unpaired) electrons. The van der Waals surface area contributed by atoms with Crippen LogP contribution in [-0.4, -0.2) is 43.9 Å². The van der Waals surface area contributed by atoms with Crippen LogP contribution >= 0.6 is 0 Å². The van der Waals surface area contributed by atoms with Crippen molar-refractivity contribution in [2.45, 2.75) is 19.9 Å². The number of benzene rings is 1. The van der Waals surface area contributed by atoms with Crippen LogP contribution in [0.15, 0.2) is 28.8 Å². The van der Waals surface area contributed by atoms with Crippen LogP contribution in [0.3, 0.4) is 0 Å². The van der Waals surface area contributed by atoms with Gasteiger partial charge in [-0.3, -0.25) is 0 Å². The van der Waals surface area contributed by atoms with Crippen molar-refractivity contribution in [2.24, 2.45) is 0 Å². The number of hydrogen-bond acceptors (Lipinski definition) is 6. The molecule has 0 aliphatic rings. The number of rotatable bonds is 7. The van der Waals surface area contributed by atoms with E-state index in [9.17, 15) is 13.2 Å². The summed E-state index contributed by atoms with van der Waals surface area (Å²) in [4.78, 5) is 16.1. The van der Waals surface area contributed by atoms with Crippen LogP contribution in [0.25, 0.3) is 11.4 Å². The fourth-order valence-electron chi connectivity index (χ4n) is 2.07. The number of carbonyl (C=O) groups is 1. The summed E-state index contributed by atoms with van der Waals surface area (Å²) in [5.41, 5.74) is 1.88. The maximum atomic E-state index is 11.8. The van der Waals surface area contributed by atoms with E-state index in [0.717, 1.165) is 17.4 Å². The van der Waals surface area contributed by atoms with Crippen molar-refractivity contribution in [3.05, 3.63) is 35.7 Å². The molecule has 2 aromatic rings. The van der Waals surface area contributed by atoms with Crippen LogP contribution < -0.4 is 15.4 Å². The normalized spacial score (nSPS) is 12.6. The Balaban J connectivity index is 1.88. The molecule has 0 bridgehead atoms. The van der Waals surface area contributed by atoms with Gasteiger partial charge in [0.05, 0.1) is 6.26 Å². The van der Waals surface area contributed by atoms with E-state index < -0.39 is 22.1 Å². The molecule has 1 aromatic heterocycles. The van der Waals surface area contributed by atoms with Crippen molar-refractivity contribution in [3.8, 4) is 11.4 Å². The molecule has 9 nitrogen and oxygen atoms in total. The van der Waals surface area contributed by atoms with E-state index in [-0.39, 0.29) is 19.0 Å². The molecule has 2 rings (SSSR count). The van der Waals surface area contributed by atoms with Gasteiger partial charge in [-0.1, -0.05) is 29.4 Å². The lowest BCUT2D eigenvalue weighted by atomic mass is 10.1. The van der Waals surface area contributed by atoms with Gasteiger partial charge in [-0.2, -0.15) is 4.98 Å². The monoisotopic (exact) mass is 367 g/mol. The SMILES string of the molecule is Cc1ccccc1-c1noc(C(C)NC(=O)NCCNS(C)(=O)=O)n1. The van der Waals surface area contributed by atoms with Crippen molar-refractivity contribution in [1.29, 1.82) is 0 Å². The van der Waals surface area contributed by atoms with Crippen molar-refractivity contribution < 1.29 is 17.7 Å². The van der Waals surface area contributed by atoms with Crippen LogP contribution in [0, 0.1) is 6.92 Å². The zero-order valence-corrected chi connectivity index (χ0v) is 15.1. The highest BCUT2D eigenvalue weighted by molar-refractivity contribution is 7.88. The number of amides is 2. The molecule has 0 aliphatic carbocycles. The molecule has 0 fully saturated rings. The topological polar surface area (TPSA) is 126 Å². The molecule has 3 N–H and O–H groups in total. The highest BCUT2D eigenvalue weighted by Gasteiger charge is 2.17. The van der Waals surface area contributed by atoms with Gasteiger partial charge in [0.15, 0.2) is 0 Å². The number of aromatic nitrogens is 2. The number of urea groups is 1. The smallest absolute Gasteiger partial charge is 0.315 e. The number of sulfonamides is 1. The second kappa shape index (κ2) is 8.08. The zero-order valence-electron chi connectivity index (χ0n) is 14.2. The van der Waals surface area contributed by atoms with Crippen molar-refractivity contribution in [3.63, 3.8) is 0 Å². The average Bonchev–Trinajstić information content (AvgIpc) is 3.01. The second-order valence-corrected chi connectivity index (χ2v) is 7.39. The summed E-state index contributed by atoms with van der Waals surface area (Å²) < 4.78 is 29.3. The van der Waals surface area contributed by atoms with Crippen LogP contribution in [0.4, 0.5) is 4.79 Å². The van der Waals surface area contributed by atoms with Crippen molar-refractivity contribution >= 4 is 16.1 Å². The van der Waals surface area contributed by atoms with Gasteiger partial charge < -0.3 is 15.2 Å². The summed E-state index contributed by atoms with van der Waals surface area (Å²) in [5, 5.41) is 9.13. The first-order valence-electron chi connectivity index (χ1n) is 7.65. The van der Waals surface area contributed by atoms with Crippen molar-refractivity contribution in [1.82, 2.24) is 25.5 Å². The Morgan fingerprint density at radius 2 is 2.00 bits per heavy atom. The summed E-state index contributed by atoms with van der Waals surface area (Å²) in [7, 11) is -3.27. The Labute approximate surface area is 146 Å². The van der Waals surface area contributed by atoms with E-state index in [1.54, 1.807) is 6.92 Å². The Morgan fingerprint density at radius 1 is 1.28 bits per heavy atom. The number of nitrogens with one attached hydrogen (secondary N) is 3. The Hall–Kier alpha value is -2.46. The van der Waals surface area contributed by atoms with E-state index in [1.165, 1.54) is 0 Å². The molecule has 0 spiro atoms. The second-order valence-electron chi connectivity index (χ2n) is 5.56. The molecule has 2 amide bonds. The molecule has 25 heavy (non-hydrogen) atoms. The predicted molar refractivity (Wildman–Crippen MR) is 92.3 cm³/mol. The quantitative estimate of drug-likeness (QED) is 0.626. The van der Waals surface area contributed by atoms with Gasteiger partial charge in [0.2, 0.25) is 21.7 Å². The number of hydrogen-bond donors (Lipinski definition) is 3. The highest BCUT2D eigenvalue weighted by atomic mass is 32.2. The number of carbonyl (C=O) groups excluding carboxylic acids is 1. The molecular weight excluding hydrogens is 346 g/mol. The first-order valence-corrected chi connectivity index (χ1v) is 9.54. The summed E-state index contributed by atoms with van der Waals surface area (Å²) >= 11 is 0. The molecule has 1 aromatic carbocycles. The lowest BCUT2D eigenvalue weighted by Gasteiger charge is -2.11. The van der Waals surface area contributed by atoms with Gasteiger partial charge in [-0.05, 0) is 19.4 Å². The zero-order chi connectivity index (χ0) is 18.4. The van der Waals surface area contributed by atoms with Gasteiger partial charge in [0.1, 0.15) is 6.04 Å². The van der Waals surface area contributed by atoms with Gasteiger partial charge in [0.25, 0.3) is 0 Å². The van der Waals surface area contributed by atoms with Crippen LogP contribution in [0.2, 0.25) is 0 Å². The third-order valence-electron chi connectivity index (χ3n) is 3.32. The largest absolute Gasteiger partial charge is 0.337 e. The Bertz CT molecular complexity index is 834. The van der Waals surface area contributed by atoms with E-state index in [0.29, 0.717) is 5.82 Å². The molecule has 1 atom stereocenters. The van der Waals surface area contributed by atoms with E-state index in [4.69, 9.17) is 4.52 Å². The number of nitrogens with zero attached hydrogens (tertiary/aromatic N) is 2. The maximum absolute atomic E-state index is 11.8. The van der Waals surface area contributed by atoms with Gasteiger partial charge in [-0.25, -0.2) is 17.9 Å². The minimum atomic E-state index is -3.27. The van der Waals surface area contributed by atoms with Crippen LogP contribution in [0.5, 0.6) is 0 Å². The molecule has 1 heterocycles. The minimum absolute atomic E-state index is 0.110. The third-order valence-corrected chi connectivity index (χ3v) is 4.05. The van der Waals surface area contributed by atoms with E-state index >= 15 is 0 Å². The first-order chi connectivity index (χ1) is 11.8. The van der Waals surface area contributed by atoms with Gasteiger partial charge in [-0.15, -0.1) is 0 Å². The predicted octanol–water partition coefficient (Wildman–Crippen LogP) is 0.954. The summed E-state index contributed by atoms with van der Waals surface area (Å²) in [5.74, 6) is 0.738. The van der Waals surface area contributed by atoms with Crippen LogP contribution in [-0.2, 0) is 10.0 Å². The highest BCUT2D eigenvalue weighted by Crippen LogP contribution is 2.21. The van der Waals surface area contributed by atoms with E-state index in [1.807, 2.05) is 31.2 Å². The third kappa shape index (κ3) is 5.84. The summed E-state index contributed by atoms with van der Waals surface area (Å²) in [6.07, 6.45) is 1.05. The Morgan fingerprint density at radius 3 is 2.68 bits per heavy atom. The Kier molecular flexibility index (Phi) is 6.10. The minimum Gasteiger partial charge on any atom is -0.337 e. The average molecular weight is 367 g/mol. The van der Waals surface area contributed by atoms with Crippen LogP contribution in [0.1, 0.15) is 24.4 Å². The lowest BCUT2D eigenvalue weighted by Crippen LogP contribution is -2.41. The van der Waals surface area contributed by atoms with Gasteiger partial charge in [0, 0.05) is 18.7 Å². The molecule has 10 heteroatoms. The van der Waals surface area contributed by atoms with Crippen molar-refractivity contribution in [2.75, 3.05) is 19.3 Å². The fraction of sp³-hybridized carbons (Fsp3) is 0.400. The number of aryl methyl sites for hydroxylation is 1. The molecule has 136 valence electrons. The summed E-state index contributed by atoms with van der Waals surface area (Å²) in [6, 6.07) is 6.70. The lowest BCUT2D eigenvalue weighted by molar-refractivity contribution is 0.234. The molecule has 0 saturated carbocycles. The molecule has 0 saturated heterocycles. The fourth-order valence-corrected chi connectivity index (χ4v) is 2.54. The van der Waals surface area contributed by atoms with Gasteiger partial charge >= 0.3 is 6.03 Å². The standard InChI is InChI=1S/C15H21N5O4S/c1-10-6-4-5-7-12(10)13-19-14(24-20-13)11(2)18-15(21)16-8-9-17-25(3,22)23/h4-7,11,17H,8-9H2,1-3H3,(H2,16,18,21). The molecule has 1 unspecified atom stereocenters. The maximum Gasteiger partial charge on any atom is 0.315 e. The summed E-state index contributed by atoms with van der Waals surface area (Å²) in [6.45, 7) is 3.93. The molecule has 0 aliphatic heterocycles. The first kappa shape index (κ1) is 18.9. The van der Waals surface area contributed by atoms with E-state index in [2.05, 4.69) is 25.5 Å². The molecular formula is C15H21N5O4S.